The van der Waals surface area contributed by atoms with Crippen molar-refractivity contribution in [3.63, 3.8) is 0 Å². The Morgan fingerprint density at radius 3 is 2.86 bits per heavy atom. The van der Waals surface area contributed by atoms with Gasteiger partial charge in [-0.15, -0.1) is 0 Å². The summed E-state index contributed by atoms with van der Waals surface area (Å²) in [4.78, 5) is 22.0. The molecule has 0 aromatic heterocycles. The Hall–Kier alpha value is -1.51. The Balaban J connectivity index is 1.93. The number of allylic oxidation sites excluding steroid dienone is 2. The summed E-state index contributed by atoms with van der Waals surface area (Å²) in [6, 6.07) is -0.155. The molecule has 0 aromatic rings. The molecule has 0 radical (unpaired) electrons. The number of hydrogen-bond acceptors (Lipinski definition) is 4. The quantitative estimate of drug-likeness (QED) is 0.509. The highest BCUT2D eigenvalue weighted by atomic mass is 32.2. The van der Waals surface area contributed by atoms with Crippen LogP contribution in [0.2, 0.25) is 0 Å². The largest absolute Gasteiger partial charge is 0.592 e. The lowest BCUT2D eigenvalue weighted by atomic mass is 9.98. The molecule has 2 rings (SSSR count). The Kier molecular flexibility index (Phi) is 4.84. The van der Waals surface area contributed by atoms with Crippen LogP contribution in [-0.4, -0.2) is 68.8 Å². The maximum Gasteiger partial charge on any atom is 0.362 e. The van der Waals surface area contributed by atoms with Gasteiger partial charge >= 0.3 is 5.97 Å². The molecule has 8 heteroatoms. The molecule has 7 nitrogen and oxygen atoms in total. The van der Waals surface area contributed by atoms with Crippen LogP contribution in [0.3, 0.4) is 0 Å². The van der Waals surface area contributed by atoms with Crippen LogP contribution < -0.4 is 5.73 Å². The minimum Gasteiger partial charge on any atom is -0.592 e. The molecule has 0 aliphatic carbocycles. The molecule has 0 aromatic carbocycles. The number of carbonyl (C=O) groups is 2. The van der Waals surface area contributed by atoms with Crippen molar-refractivity contribution in [1.29, 1.82) is 0 Å². The van der Waals surface area contributed by atoms with E-state index in [1.807, 2.05) is 26.2 Å². The summed E-state index contributed by atoms with van der Waals surface area (Å²) >= 11 is -1.47. The number of carboxylic acids is 1. The van der Waals surface area contributed by atoms with E-state index in [1.165, 1.54) is 0 Å². The standard InChI is InChI=1S/C14H21N3O4S/c1-17(2,9-12(15)18)7-3-4-10-5-6-11-13(14(19)20)22(21)16(11)8-10/h3-4,8,11,13H,5-7,9H2,1-2H3,(H2-,15,18,19,20)/p+1/t11-,13-,22?/m1/s1. The van der Waals surface area contributed by atoms with Crippen LogP contribution in [0.15, 0.2) is 23.9 Å². The van der Waals surface area contributed by atoms with Crippen molar-refractivity contribution < 1.29 is 23.7 Å². The molecule has 1 fully saturated rings. The van der Waals surface area contributed by atoms with Gasteiger partial charge in [-0.2, -0.15) is 4.31 Å². The van der Waals surface area contributed by atoms with E-state index >= 15 is 0 Å². The van der Waals surface area contributed by atoms with E-state index < -0.39 is 22.6 Å². The van der Waals surface area contributed by atoms with Gasteiger partial charge < -0.3 is 19.9 Å². The number of aliphatic carboxylic acids is 1. The Labute approximate surface area is 133 Å². The average molecular weight is 328 g/mol. The van der Waals surface area contributed by atoms with Gasteiger partial charge in [-0.05, 0) is 24.5 Å². The maximum absolute atomic E-state index is 11.9. The van der Waals surface area contributed by atoms with Crippen LogP contribution in [0.1, 0.15) is 12.8 Å². The van der Waals surface area contributed by atoms with Crippen molar-refractivity contribution in [1.82, 2.24) is 4.31 Å². The third-order valence-corrected chi connectivity index (χ3v) is 5.62. The van der Waals surface area contributed by atoms with Gasteiger partial charge in [0.05, 0.1) is 38.2 Å². The summed E-state index contributed by atoms with van der Waals surface area (Å²) in [7, 11) is 3.84. The number of rotatable bonds is 6. The summed E-state index contributed by atoms with van der Waals surface area (Å²) in [6.45, 7) is 0.923. The number of likely N-dealkylation sites (N-methyl/N-ethyl adjacent to an activating group) is 1. The van der Waals surface area contributed by atoms with E-state index in [2.05, 4.69) is 0 Å². The van der Waals surface area contributed by atoms with Gasteiger partial charge in [-0.1, -0.05) is 6.08 Å². The van der Waals surface area contributed by atoms with Crippen LogP contribution in [0, 0.1) is 0 Å². The number of hydrogen-bond donors (Lipinski definition) is 2. The highest BCUT2D eigenvalue weighted by Gasteiger charge is 2.58. The molecule has 2 aliphatic heterocycles. The van der Waals surface area contributed by atoms with E-state index in [0.717, 1.165) is 12.0 Å². The third-order valence-electron chi connectivity index (χ3n) is 3.88. The molecule has 22 heavy (non-hydrogen) atoms. The molecule has 1 saturated heterocycles. The highest BCUT2D eigenvalue weighted by Crippen LogP contribution is 2.38. The van der Waals surface area contributed by atoms with Gasteiger partial charge in [0, 0.05) is 0 Å². The lowest BCUT2D eigenvalue weighted by Crippen LogP contribution is -2.65. The minimum atomic E-state index is -1.47. The fraction of sp³-hybridized carbons (Fsp3) is 0.571. The number of primary amides is 1. The molecule has 3 N–H and O–H groups in total. The first kappa shape index (κ1) is 16.9. The molecule has 2 heterocycles. The smallest absolute Gasteiger partial charge is 0.362 e. The van der Waals surface area contributed by atoms with Gasteiger partial charge in [-0.3, -0.25) is 4.79 Å². The first-order chi connectivity index (χ1) is 10.2. The second kappa shape index (κ2) is 6.31. The lowest BCUT2D eigenvalue weighted by molar-refractivity contribution is -0.876. The van der Waals surface area contributed by atoms with Crippen LogP contribution >= 0.6 is 0 Å². The number of quaternary nitrogens is 1. The number of nitrogens with zero attached hydrogens (tertiary/aromatic N) is 2. The second-order valence-electron chi connectivity index (χ2n) is 6.35. The lowest BCUT2D eigenvalue weighted by Gasteiger charge is -2.46. The number of nitrogens with two attached hydrogens (primary N) is 1. The predicted molar refractivity (Wildman–Crippen MR) is 82.7 cm³/mol. The second-order valence-corrected chi connectivity index (χ2v) is 7.83. The van der Waals surface area contributed by atoms with Crippen LogP contribution in [0.5, 0.6) is 0 Å². The summed E-state index contributed by atoms with van der Waals surface area (Å²) in [6.07, 6.45) is 7.16. The molecule has 1 unspecified atom stereocenters. The fourth-order valence-corrected chi connectivity index (χ4v) is 4.30. The zero-order chi connectivity index (χ0) is 16.5. The van der Waals surface area contributed by atoms with Crippen molar-refractivity contribution in [3.05, 3.63) is 23.9 Å². The van der Waals surface area contributed by atoms with Gasteiger partial charge in [-0.25, -0.2) is 4.79 Å². The highest BCUT2D eigenvalue weighted by molar-refractivity contribution is 7.92. The summed E-state index contributed by atoms with van der Waals surface area (Å²) in [5.41, 5.74) is 6.23. The molecule has 0 saturated carbocycles. The van der Waals surface area contributed by atoms with E-state index in [9.17, 15) is 14.1 Å². The molecule has 3 atom stereocenters. The molecule has 2 aliphatic rings. The molecule has 1 amide bonds. The molecular weight excluding hydrogens is 306 g/mol. The van der Waals surface area contributed by atoms with E-state index in [0.29, 0.717) is 17.4 Å². The first-order valence-corrected chi connectivity index (χ1v) is 8.27. The molecule has 0 bridgehead atoms. The van der Waals surface area contributed by atoms with E-state index in [1.54, 1.807) is 10.5 Å². The SMILES string of the molecule is C[N+](C)(CC=CC1=CN2[C@H](CC1)[C@H](C(=O)O)[S+]2[O-])CC(N)=O. The summed E-state index contributed by atoms with van der Waals surface area (Å²) in [5, 5.41) is 8.25. The van der Waals surface area contributed by atoms with Crippen molar-refractivity contribution in [2.24, 2.45) is 5.73 Å². The summed E-state index contributed by atoms with van der Waals surface area (Å²) in [5.74, 6) is -1.33. The van der Waals surface area contributed by atoms with Gasteiger partial charge in [0.15, 0.2) is 6.54 Å². The van der Waals surface area contributed by atoms with Crippen molar-refractivity contribution in [3.8, 4) is 0 Å². The average Bonchev–Trinajstić information content (AvgIpc) is 2.37. The number of amides is 1. The Morgan fingerprint density at radius 1 is 1.59 bits per heavy atom. The van der Waals surface area contributed by atoms with E-state index in [-0.39, 0.29) is 18.5 Å². The molecule has 122 valence electrons. The van der Waals surface area contributed by atoms with Crippen LogP contribution in [-0.2, 0) is 21.0 Å². The van der Waals surface area contributed by atoms with Crippen LogP contribution in [0.25, 0.3) is 0 Å². The van der Waals surface area contributed by atoms with Gasteiger partial charge in [0.2, 0.25) is 0 Å². The van der Waals surface area contributed by atoms with Crippen molar-refractivity contribution in [2.45, 2.75) is 24.1 Å². The number of carbonyl (C=O) groups excluding carboxylic acids is 1. The third kappa shape index (κ3) is 3.63. The van der Waals surface area contributed by atoms with Crippen molar-refractivity contribution in [2.75, 3.05) is 27.2 Å². The topological polar surface area (TPSA) is 107 Å². The van der Waals surface area contributed by atoms with Crippen LogP contribution in [0.4, 0.5) is 0 Å². The minimum absolute atomic E-state index is 0.155. The molecule has 0 spiro atoms. The zero-order valence-corrected chi connectivity index (χ0v) is 13.6. The maximum atomic E-state index is 11.9. The Morgan fingerprint density at radius 2 is 2.27 bits per heavy atom. The van der Waals surface area contributed by atoms with E-state index in [4.69, 9.17) is 10.8 Å². The Bertz CT molecular complexity index is 532. The van der Waals surface area contributed by atoms with Gasteiger partial charge in [0.25, 0.3) is 11.2 Å². The van der Waals surface area contributed by atoms with Gasteiger partial charge in [0.1, 0.15) is 6.04 Å². The fourth-order valence-electron chi connectivity index (χ4n) is 2.79. The van der Waals surface area contributed by atoms with Crippen molar-refractivity contribution >= 4 is 23.2 Å². The first-order valence-electron chi connectivity index (χ1n) is 7.11. The number of carboxylic acid groups (broad SMARTS) is 1. The predicted octanol–water partition coefficient (Wildman–Crippen LogP) is -0.417. The monoisotopic (exact) mass is 328 g/mol. The molecular formula is C14H22N3O4S+. The number of fused-ring (bicyclic) bond motifs is 1. The zero-order valence-electron chi connectivity index (χ0n) is 12.8. The summed E-state index contributed by atoms with van der Waals surface area (Å²) < 4.78 is 14.0. The normalized spacial score (nSPS) is 28.0.